The average molecular weight is 264 g/mol. The number of hydrogen-bond acceptors (Lipinski definition) is 3. The Bertz CT molecular complexity index is 192. The second kappa shape index (κ2) is 9.17. The summed E-state index contributed by atoms with van der Waals surface area (Å²) in [6.45, 7) is 6.34. The molecule has 2 nitrogen and oxygen atoms in total. The number of rotatable bonds is 9. The summed E-state index contributed by atoms with van der Waals surface area (Å²) < 4.78 is 24.9. The number of thioether (sulfide) groups is 1. The first-order valence-electron chi connectivity index (χ1n) is 6.74. The van der Waals surface area contributed by atoms with E-state index in [1.807, 2.05) is 0 Å². The number of hydrogen-bond donors (Lipinski definition) is 0. The molecule has 1 aliphatic heterocycles. The molecular formula is C13H25FO2S. The van der Waals surface area contributed by atoms with Crippen molar-refractivity contribution in [1.82, 2.24) is 0 Å². The van der Waals surface area contributed by atoms with Crippen LogP contribution in [0.15, 0.2) is 0 Å². The highest BCUT2D eigenvalue weighted by Crippen LogP contribution is 2.32. The van der Waals surface area contributed by atoms with E-state index in [9.17, 15) is 4.39 Å². The van der Waals surface area contributed by atoms with Gasteiger partial charge in [-0.2, -0.15) is 11.8 Å². The summed E-state index contributed by atoms with van der Waals surface area (Å²) in [5.41, 5.74) is 0. The van der Waals surface area contributed by atoms with Crippen LogP contribution in [0, 0.1) is 0 Å². The van der Waals surface area contributed by atoms with Crippen molar-refractivity contribution in [1.29, 1.82) is 0 Å². The van der Waals surface area contributed by atoms with E-state index in [0.717, 1.165) is 32.3 Å². The number of ether oxygens (including phenoxy) is 2. The van der Waals surface area contributed by atoms with Gasteiger partial charge in [-0.3, -0.25) is 0 Å². The molecule has 1 heterocycles. The van der Waals surface area contributed by atoms with Crippen LogP contribution in [0.4, 0.5) is 4.39 Å². The van der Waals surface area contributed by atoms with Crippen molar-refractivity contribution in [3.63, 3.8) is 0 Å². The van der Waals surface area contributed by atoms with Gasteiger partial charge in [0.15, 0.2) is 0 Å². The molecule has 0 aromatic rings. The molecular weight excluding hydrogens is 239 g/mol. The fourth-order valence-corrected chi connectivity index (χ4v) is 3.05. The first kappa shape index (κ1) is 15.3. The molecule has 3 atom stereocenters. The van der Waals surface area contributed by atoms with Gasteiger partial charge in [-0.15, -0.1) is 0 Å². The highest BCUT2D eigenvalue weighted by Gasteiger charge is 2.37. The first-order chi connectivity index (χ1) is 8.29. The van der Waals surface area contributed by atoms with E-state index in [1.165, 1.54) is 0 Å². The fraction of sp³-hybridized carbons (Fsp3) is 1.00. The molecule has 0 aromatic heterocycles. The van der Waals surface area contributed by atoms with Gasteiger partial charge in [0.05, 0.1) is 11.9 Å². The second-order valence-electron chi connectivity index (χ2n) is 4.51. The van der Waals surface area contributed by atoms with Gasteiger partial charge in [-0.1, -0.05) is 26.7 Å². The Kier molecular flexibility index (Phi) is 8.23. The Morgan fingerprint density at radius 2 is 1.88 bits per heavy atom. The molecule has 102 valence electrons. The van der Waals surface area contributed by atoms with Crippen molar-refractivity contribution in [2.45, 2.75) is 57.1 Å². The molecule has 1 aliphatic rings. The third-order valence-electron chi connectivity index (χ3n) is 2.92. The lowest BCUT2D eigenvalue weighted by atomic mass is 10.2. The molecule has 0 N–H and O–H groups in total. The smallest absolute Gasteiger partial charge is 0.136 e. The van der Waals surface area contributed by atoms with Crippen molar-refractivity contribution < 1.29 is 13.9 Å². The lowest BCUT2D eigenvalue weighted by molar-refractivity contribution is -0.00707. The van der Waals surface area contributed by atoms with Crippen LogP contribution in [0.2, 0.25) is 0 Å². The Morgan fingerprint density at radius 3 is 2.59 bits per heavy atom. The van der Waals surface area contributed by atoms with Gasteiger partial charge in [0.2, 0.25) is 0 Å². The van der Waals surface area contributed by atoms with Crippen LogP contribution in [0.1, 0.15) is 39.5 Å². The Hall–Kier alpha value is 0.200. The standard InChI is InChI=1S/C13H25FO2S/c1-3-5-7-15-9-12-13(11(14)10-17-12)16-8-6-4-2/h11-13H,3-10H2,1-2H3/t11-,12-,13+/m1/s1. The molecule has 0 aromatic carbocycles. The van der Waals surface area contributed by atoms with Crippen LogP contribution in [0.5, 0.6) is 0 Å². The van der Waals surface area contributed by atoms with E-state index in [-0.39, 0.29) is 11.4 Å². The van der Waals surface area contributed by atoms with Crippen molar-refractivity contribution in [2.24, 2.45) is 0 Å². The zero-order valence-electron chi connectivity index (χ0n) is 11.0. The van der Waals surface area contributed by atoms with E-state index in [4.69, 9.17) is 9.47 Å². The topological polar surface area (TPSA) is 18.5 Å². The molecule has 0 unspecified atom stereocenters. The van der Waals surface area contributed by atoms with Crippen LogP contribution in [0.25, 0.3) is 0 Å². The van der Waals surface area contributed by atoms with Gasteiger partial charge >= 0.3 is 0 Å². The molecule has 0 amide bonds. The molecule has 1 rings (SSSR count). The zero-order chi connectivity index (χ0) is 12.5. The highest BCUT2D eigenvalue weighted by molar-refractivity contribution is 8.00. The number of halogens is 1. The monoisotopic (exact) mass is 264 g/mol. The Labute approximate surface area is 109 Å². The molecule has 0 saturated carbocycles. The zero-order valence-corrected chi connectivity index (χ0v) is 11.8. The summed E-state index contributed by atoms with van der Waals surface area (Å²) in [4.78, 5) is 0. The molecule has 0 radical (unpaired) electrons. The minimum Gasteiger partial charge on any atom is -0.380 e. The van der Waals surface area contributed by atoms with Crippen molar-refractivity contribution in [3.8, 4) is 0 Å². The van der Waals surface area contributed by atoms with E-state index < -0.39 is 6.17 Å². The number of unbranched alkanes of at least 4 members (excludes halogenated alkanes) is 2. The van der Waals surface area contributed by atoms with Crippen molar-refractivity contribution in [3.05, 3.63) is 0 Å². The minimum absolute atomic E-state index is 0.179. The van der Waals surface area contributed by atoms with E-state index in [2.05, 4.69) is 13.8 Å². The van der Waals surface area contributed by atoms with E-state index >= 15 is 0 Å². The van der Waals surface area contributed by atoms with Gasteiger partial charge in [0.25, 0.3) is 0 Å². The Balaban J connectivity index is 2.21. The van der Waals surface area contributed by atoms with E-state index in [1.54, 1.807) is 11.8 Å². The van der Waals surface area contributed by atoms with Crippen LogP contribution < -0.4 is 0 Å². The molecule has 1 fully saturated rings. The van der Waals surface area contributed by atoms with Crippen molar-refractivity contribution >= 4 is 11.8 Å². The SMILES string of the molecule is CCCCOC[C@H]1SC[C@@H](F)[C@@H]1OCCCC. The molecule has 4 heteroatoms. The first-order valence-corrected chi connectivity index (χ1v) is 7.79. The third kappa shape index (κ3) is 5.58. The third-order valence-corrected chi connectivity index (χ3v) is 4.27. The normalized spacial score (nSPS) is 28.8. The van der Waals surface area contributed by atoms with Gasteiger partial charge in [0, 0.05) is 19.0 Å². The maximum absolute atomic E-state index is 13.6. The predicted octanol–water partition coefficient (Wildman–Crippen LogP) is 3.44. The Morgan fingerprint density at radius 1 is 1.18 bits per heavy atom. The lowest BCUT2D eigenvalue weighted by Crippen LogP contribution is -2.33. The van der Waals surface area contributed by atoms with Crippen LogP contribution in [-0.2, 0) is 9.47 Å². The maximum Gasteiger partial charge on any atom is 0.136 e. The largest absolute Gasteiger partial charge is 0.380 e. The molecule has 0 aliphatic carbocycles. The van der Waals surface area contributed by atoms with Crippen LogP contribution in [-0.4, -0.2) is 43.1 Å². The molecule has 0 spiro atoms. The predicted molar refractivity (Wildman–Crippen MR) is 71.5 cm³/mol. The summed E-state index contributed by atoms with van der Waals surface area (Å²) >= 11 is 1.65. The quantitative estimate of drug-likeness (QED) is 0.594. The molecule has 0 bridgehead atoms. The molecule has 1 saturated heterocycles. The lowest BCUT2D eigenvalue weighted by Gasteiger charge is -2.20. The highest BCUT2D eigenvalue weighted by atomic mass is 32.2. The summed E-state index contributed by atoms with van der Waals surface area (Å²) in [6.07, 6.45) is 3.24. The van der Waals surface area contributed by atoms with Gasteiger partial charge in [0.1, 0.15) is 12.3 Å². The summed E-state index contributed by atoms with van der Waals surface area (Å²) in [5.74, 6) is 0.554. The summed E-state index contributed by atoms with van der Waals surface area (Å²) in [5, 5.41) is 0.179. The van der Waals surface area contributed by atoms with E-state index in [0.29, 0.717) is 19.0 Å². The van der Waals surface area contributed by atoms with Crippen molar-refractivity contribution in [2.75, 3.05) is 25.6 Å². The fourth-order valence-electron chi connectivity index (χ4n) is 1.80. The van der Waals surface area contributed by atoms with Gasteiger partial charge in [-0.25, -0.2) is 4.39 Å². The molecule has 17 heavy (non-hydrogen) atoms. The summed E-state index contributed by atoms with van der Waals surface area (Å²) in [7, 11) is 0. The second-order valence-corrected chi connectivity index (χ2v) is 5.78. The average Bonchev–Trinajstić information content (AvgIpc) is 2.67. The van der Waals surface area contributed by atoms with Gasteiger partial charge < -0.3 is 9.47 Å². The maximum atomic E-state index is 13.6. The minimum atomic E-state index is -0.823. The van der Waals surface area contributed by atoms with Crippen LogP contribution >= 0.6 is 11.8 Å². The summed E-state index contributed by atoms with van der Waals surface area (Å²) in [6, 6.07) is 0. The van der Waals surface area contributed by atoms with Crippen LogP contribution in [0.3, 0.4) is 0 Å². The van der Waals surface area contributed by atoms with Gasteiger partial charge in [-0.05, 0) is 12.8 Å². The number of alkyl halides is 1.